The predicted molar refractivity (Wildman–Crippen MR) is 99.9 cm³/mol. The fourth-order valence-corrected chi connectivity index (χ4v) is 3.11. The summed E-state index contributed by atoms with van der Waals surface area (Å²) in [4.78, 5) is 15.6. The van der Waals surface area contributed by atoms with Gasteiger partial charge in [0.25, 0.3) is 0 Å². The highest BCUT2D eigenvalue weighted by Crippen LogP contribution is 2.26. The molecule has 0 atom stereocenters. The van der Waals surface area contributed by atoms with Gasteiger partial charge in [0.05, 0.1) is 0 Å². The molecule has 0 aliphatic carbocycles. The van der Waals surface area contributed by atoms with Crippen LogP contribution in [0.25, 0.3) is 11.1 Å². The van der Waals surface area contributed by atoms with Gasteiger partial charge < -0.3 is 10.3 Å². The Hall–Kier alpha value is -1.29. The van der Waals surface area contributed by atoms with Crippen molar-refractivity contribution in [3.05, 3.63) is 48.3 Å². The number of ketones is 1. The number of Topliss-reactive ketones (excluding diaryl/α,β-unsaturated/α-hetero) is 1. The lowest BCUT2D eigenvalue weighted by Crippen LogP contribution is -2.28. The molecular weight excluding hydrogens is 331 g/mol. The van der Waals surface area contributed by atoms with E-state index in [4.69, 9.17) is 0 Å². The molecule has 1 fully saturated rings. The summed E-state index contributed by atoms with van der Waals surface area (Å²) < 4.78 is 0. The second kappa shape index (κ2) is 9.76. The molecule has 5 heteroatoms. The molecule has 2 N–H and O–H groups in total. The van der Waals surface area contributed by atoms with Crippen LogP contribution in [-0.2, 0) is 0 Å². The van der Waals surface area contributed by atoms with Crippen molar-refractivity contribution in [2.45, 2.75) is 25.7 Å². The minimum Gasteiger partial charge on any atom is -0.367 e. The van der Waals surface area contributed by atoms with Crippen molar-refractivity contribution in [2.75, 3.05) is 13.1 Å². The normalized spacial score (nSPS) is 14.6. The third-order valence-electron chi connectivity index (χ3n) is 4.37. The number of nitrogens with one attached hydrogen (secondary N) is 2. The Morgan fingerprint density at radius 2 is 1.83 bits per heavy atom. The molecule has 2 heterocycles. The number of carbonyl (C=O) groups excluding carboxylic acids is 1. The fourth-order valence-electron chi connectivity index (χ4n) is 3.11. The molecule has 126 valence electrons. The smallest absolute Gasteiger partial charge is 0.163 e. The minimum atomic E-state index is 0. The monoisotopic (exact) mass is 354 g/mol. The van der Waals surface area contributed by atoms with Crippen LogP contribution < -0.4 is 5.32 Å². The van der Waals surface area contributed by atoms with Gasteiger partial charge in [-0.25, -0.2) is 0 Å². The van der Waals surface area contributed by atoms with Crippen LogP contribution in [0.5, 0.6) is 0 Å². The summed E-state index contributed by atoms with van der Waals surface area (Å²) in [6, 6.07) is 9.94. The zero-order chi connectivity index (χ0) is 14.5. The van der Waals surface area contributed by atoms with Crippen LogP contribution in [0.4, 0.5) is 0 Å². The van der Waals surface area contributed by atoms with E-state index in [0.29, 0.717) is 12.3 Å². The number of aromatic nitrogens is 1. The zero-order valence-corrected chi connectivity index (χ0v) is 14.7. The van der Waals surface area contributed by atoms with Crippen LogP contribution in [0, 0.1) is 5.92 Å². The first-order valence-electron chi connectivity index (χ1n) is 7.80. The van der Waals surface area contributed by atoms with E-state index in [1.165, 1.54) is 12.8 Å². The van der Waals surface area contributed by atoms with Crippen molar-refractivity contribution in [1.82, 2.24) is 10.3 Å². The Balaban J connectivity index is 0.00000132. The summed E-state index contributed by atoms with van der Waals surface area (Å²) >= 11 is 0. The van der Waals surface area contributed by atoms with E-state index in [1.807, 2.05) is 42.7 Å². The summed E-state index contributed by atoms with van der Waals surface area (Å²) in [5, 5.41) is 3.37. The fraction of sp³-hybridized carbons (Fsp3) is 0.389. The lowest BCUT2D eigenvalue weighted by atomic mass is 9.90. The Bertz CT molecular complexity index is 593. The highest BCUT2D eigenvalue weighted by molar-refractivity contribution is 6.02. The van der Waals surface area contributed by atoms with Gasteiger partial charge in [0, 0.05) is 24.4 Å². The van der Waals surface area contributed by atoms with Crippen molar-refractivity contribution in [3.8, 4) is 11.1 Å². The second-order valence-electron chi connectivity index (χ2n) is 5.80. The van der Waals surface area contributed by atoms with Gasteiger partial charge in [-0.15, -0.1) is 24.8 Å². The maximum Gasteiger partial charge on any atom is 0.163 e. The molecule has 1 aromatic carbocycles. The minimum absolute atomic E-state index is 0. The van der Waals surface area contributed by atoms with E-state index in [9.17, 15) is 4.79 Å². The summed E-state index contributed by atoms with van der Waals surface area (Å²) in [6.07, 6.45) is 7.91. The highest BCUT2D eigenvalue weighted by atomic mass is 35.5. The Labute approximate surface area is 150 Å². The van der Waals surface area contributed by atoms with Gasteiger partial charge >= 0.3 is 0 Å². The van der Waals surface area contributed by atoms with Gasteiger partial charge in [-0.05, 0) is 55.5 Å². The molecule has 0 bridgehead atoms. The Morgan fingerprint density at radius 3 is 2.52 bits per heavy atom. The molecule has 1 saturated heterocycles. The molecule has 1 aliphatic heterocycles. The van der Waals surface area contributed by atoms with Gasteiger partial charge in [-0.1, -0.05) is 24.3 Å². The average molecular weight is 355 g/mol. The Morgan fingerprint density at radius 1 is 1.09 bits per heavy atom. The molecule has 0 saturated carbocycles. The van der Waals surface area contributed by atoms with E-state index in [1.54, 1.807) is 0 Å². The first kappa shape index (κ1) is 19.8. The first-order chi connectivity index (χ1) is 10.3. The highest BCUT2D eigenvalue weighted by Gasteiger charge is 2.17. The molecule has 0 amide bonds. The van der Waals surface area contributed by atoms with E-state index in [-0.39, 0.29) is 30.6 Å². The van der Waals surface area contributed by atoms with Crippen LogP contribution in [0.15, 0.2) is 42.7 Å². The number of H-pyrrole nitrogens is 1. The molecule has 2 aromatic rings. The van der Waals surface area contributed by atoms with Gasteiger partial charge in [-0.2, -0.15) is 0 Å². The van der Waals surface area contributed by atoms with E-state index < -0.39 is 0 Å². The third-order valence-corrected chi connectivity index (χ3v) is 4.37. The quantitative estimate of drug-likeness (QED) is 0.777. The number of hydrogen-bond donors (Lipinski definition) is 2. The molecular formula is C18H24Cl2N2O. The van der Waals surface area contributed by atoms with Gasteiger partial charge in [0.1, 0.15) is 0 Å². The number of carbonyl (C=O) groups is 1. The second-order valence-corrected chi connectivity index (χ2v) is 5.80. The number of piperidine rings is 1. The number of aromatic amines is 1. The summed E-state index contributed by atoms with van der Waals surface area (Å²) in [6.45, 7) is 2.19. The SMILES string of the molecule is Cl.Cl.O=C(CCC1CCNCC1)c1ccccc1-c1cc[nH]c1. The molecule has 3 nitrogen and oxygen atoms in total. The maximum atomic E-state index is 12.6. The summed E-state index contributed by atoms with van der Waals surface area (Å²) in [5.74, 6) is 0.972. The zero-order valence-electron chi connectivity index (χ0n) is 13.1. The Kier molecular flexibility index (Phi) is 8.38. The van der Waals surface area contributed by atoms with Crippen molar-refractivity contribution >= 4 is 30.6 Å². The van der Waals surface area contributed by atoms with E-state index in [0.717, 1.165) is 36.2 Å². The van der Waals surface area contributed by atoms with Gasteiger partial charge in [0.15, 0.2) is 5.78 Å². The summed E-state index contributed by atoms with van der Waals surface area (Å²) in [7, 11) is 0. The van der Waals surface area contributed by atoms with Crippen LogP contribution in [0.2, 0.25) is 0 Å². The molecule has 1 aliphatic rings. The van der Waals surface area contributed by atoms with Crippen molar-refractivity contribution in [1.29, 1.82) is 0 Å². The molecule has 0 spiro atoms. The lowest BCUT2D eigenvalue weighted by molar-refractivity contribution is 0.0971. The number of hydrogen-bond acceptors (Lipinski definition) is 2. The predicted octanol–water partition coefficient (Wildman–Crippen LogP) is 4.49. The maximum absolute atomic E-state index is 12.6. The van der Waals surface area contributed by atoms with E-state index in [2.05, 4.69) is 10.3 Å². The topological polar surface area (TPSA) is 44.9 Å². The molecule has 23 heavy (non-hydrogen) atoms. The van der Waals surface area contributed by atoms with Crippen LogP contribution in [-0.4, -0.2) is 23.9 Å². The van der Waals surface area contributed by atoms with Crippen LogP contribution in [0.3, 0.4) is 0 Å². The van der Waals surface area contributed by atoms with Gasteiger partial charge in [-0.3, -0.25) is 4.79 Å². The van der Waals surface area contributed by atoms with E-state index >= 15 is 0 Å². The number of halogens is 2. The van der Waals surface area contributed by atoms with Crippen molar-refractivity contribution in [3.63, 3.8) is 0 Å². The number of rotatable bonds is 5. The molecule has 0 unspecified atom stereocenters. The first-order valence-corrected chi connectivity index (χ1v) is 7.80. The molecule has 1 aromatic heterocycles. The molecule has 0 radical (unpaired) electrons. The van der Waals surface area contributed by atoms with Crippen LogP contribution >= 0.6 is 24.8 Å². The average Bonchev–Trinajstić information content (AvgIpc) is 3.08. The number of benzene rings is 1. The van der Waals surface area contributed by atoms with Crippen LogP contribution in [0.1, 0.15) is 36.0 Å². The third kappa shape index (κ3) is 5.10. The summed E-state index contributed by atoms with van der Waals surface area (Å²) in [5.41, 5.74) is 2.97. The van der Waals surface area contributed by atoms with Crippen molar-refractivity contribution < 1.29 is 4.79 Å². The lowest BCUT2D eigenvalue weighted by Gasteiger charge is -2.22. The van der Waals surface area contributed by atoms with Gasteiger partial charge in [0.2, 0.25) is 0 Å². The largest absolute Gasteiger partial charge is 0.367 e. The van der Waals surface area contributed by atoms with Crippen molar-refractivity contribution in [2.24, 2.45) is 5.92 Å². The molecule has 3 rings (SSSR count). The standard InChI is InChI=1S/C18H22N2O.2ClH/c21-18(6-5-14-7-10-19-11-8-14)17-4-2-1-3-16(17)15-9-12-20-13-15;;/h1-4,9,12-14,19-20H,5-8,10-11H2;2*1H.